The number of rotatable bonds is 7. The SMILES string of the molecule is C=C(N)C1=C(O)[C@@]2(O)C(=O)C3=C(O)c4c(c(N(C)C)cc(CNCc5ccc(C#N)cc5)c4N=O)CC3C[C@@]2(N)CC1=O. The lowest BCUT2D eigenvalue weighted by atomic mass is 9.55. The quantitative estimate of drug-likeness (QED) is 0.260. The van der Waals surface area contributed by atoms with Gasteiger partial charge in [-0.3, -0.25) is 9.59 Å². The lowest BCUT2D eigenvalue weighted by Gasteiger charge is -2.52. The zero-order valence-corrected chi connectivity index (χ0v) is 23.8. The Morgan fingerprint density at radius 2 is 1.91 bits per heavy atom. The number of nitrogens with one attached hydrogen (secondary N) is 1. The van der Waals surface area contributed by atoms with Gasteiger partial charge in [-0.15, -0.1) is 4.91 Å². The predicted octanol–water partition coefficient (Wildman–Crippen LogP) is 2.41. The molecule has 12 heteroatoms. The van der Waals surface area contributed by atoms with E-state index in [1.807, 2.05) is 17.0 Å². The molecule has 0 heterocycles. The van der Waals surface area contributed by atoms with Crippen molar-refractivity contribution < 1.29 is 24.9 Å². The van der Waals surface area contributed by atoms with Crippen molar-refractivity contribution in [1.82, 2.24) is 5.32 Å². The Morgan fingerprint density at radius 3 is 2.49 bits per heavy atom. The molecule has 5 rings (SSSR count). The van der Waals surface area contributed by atoms with Gasteiger partial charge in [-0.1, -0.05) is 18.7 Å². The number of carbonyl (C=O) groups excluding carboxylic acids is 2. The minimum Gasteiger partial charge on any atom is -0.508 e. The van der Waals surface area contributed by atoms with Crippen LogP contribution in [0.5, 0.6) is 0 Å². The Balaban J connectivity index is 1.61. The van der Waals surface area contributed by atoms with Crippen LogP contribution >= 0.6 is 0 Å². The van der Waals surface area contributed by atoms with Crippen molar-refractivity contribution in [3.05, 3.63) is 92.2 Å². The highest BCUT2D eigenvalue weighted by Gasteiger charge is 2.66. The summed E-state index contributed by atoms with van der Waals surface area (Å²) in [6.45, 7) is 4.07. The van der Waals surface area contributed by atoms with Crippen LogP contribution in [0.2, 0.25) is 0 Å². The maximum Gasteiger partial charge on any atom is 0.204 e. The van der Waals surface area contributed by atoms with Crippen LogP contribution in [0.3, 0.4) is 0 Å². The Hall–Kier alpha value is -4.83. The molecular weight excluding hydrogens is 552 g/mol. The minimum atomic E-state index is -2.75. The van der Waals surface area contributed by atoms with E-state index in [0.717, 1.165) is 5.56 Å². The molecule has 0 saturated heterocycles. The number of aliphatic hydroxyl groups excluding tert-OH is 2. The van der Waals surface area contributed by atoms with Crippen molar-refractivity contribution in [3.63, 3.8) is 0 Å². The number of anilines is 1. The van der Waals surface area contributed by atoms with Crippen molar-refractivity contribution in [2.24, 2.45) is 22.6 Å². The van der Waals surface area contributed by atoms with Gasteiger partial charge in [0.15, 0.2) is 5.78 Å². The highest BCUT2D eigenvalue weighted by atomic mass is 16.3. The van der Waals surface area contributed by atoms with E-state index in [-0.39, 0.29) is 41.9 Å². The van der Waals surface area contributed by atoms with Crippen molar-refractivity contribution in [2.45, 2.75) is 43.5 Å². The number of carbonyl (C=O) groups is 2. The molecule has 1 unspecified atom stereocenters. The number of ketones is 2. The fourth-order valence-corrected chi connectivity index (χ4v) is 6.60. The first kappa shape index (κ1) is 29.7. The van der Waals surface area contributed by atoms with Crippen molar-refractivity contribution in [1.29, 1.82) is 5.26 Å². The zero-order chi connectivity index (χ0) is 31.4. The number of nitrogens with two attached hydrogens (primary N) is 2. The molecule has 1 fully saturated rings. The predicted molar refractivity (Wildman–Crippen MR) is 159 cm³/mol. The third-order valence-corrected chi connectivity index (χ3v) is 8.67. The van der Waals surface area contributed by atoms with E-state index in [9.17, 15) is 29.8 Å². The number of hydrogen-bond acceptors (Lipinski definition) is 12. The summed E-state index contributed by atoms with van der Waals surface area (Å²) in [6.07, 6.45) is -0.452. The van der Waals surface area contributed by atoms with Gasteiger partial charge in [0.2, 0.25) is 11.4 Å². The first-order valence-corrected chi connectivity index (χ1v) is 13.6. The van der Waals surface area contributed by atoms with Gasteiger partial charge in [0.1, 0.15) is 17.2 Å². The molecule has 0 aliphatic heterocycles. The molecule has 3 aliphatic carbocycles. The van der Waals surface area contributed by atoms with E-state index in [1.165, 1.54) is 0 Å². The third-order valence-electron chi connectivity index (χ3n) is 8.67. The summed E-state index contributed by atoms with van der Waals surface area (Å²) in [6, 6.07) is 10.9. The number of aliphatic hydroxyl groups is 3. The molecule has 8 N–H and O–H groups in total. The van der Waals surface area contributed by atoms with Crippen LogP contribution in [0, 0.1) is 22.2 Å². The summed E-state index contributed by atoms with van der Waals surface area (Å²) in [5, 5.41) is 49.9. The van der Waals surface area contributed by atoms with Gasteiger partial charge >= 0.3 is 0 Å². The molecule has 0 amide bonds. The van der Waals surface area contributed by atoms with Crippen LogP contribution in [0.25, 0.3) is 5.76 Å². The molecule has 1 saturated carbocycles. The fourth-order valence-electron chi connectivity index (χ4n) is 6.60. The summed E-state index contributed by atoms with van der Waals surface area (Å²) in [4.78, 5) is 41.0. The van der Waals surface area contributed by atoms with E-state index in [1.54, 1.807) is 32.3 Å². The number of nitriles is 1. The van der Waals surface area contributed by atoms with E-state index in [2.05, 4.69) is 23.1 Å². The zero-order valence-electron chi connectivity index (χ0n) is 23.8. The molecule has 3 aliphatic rings. The number of Topliss-reactive ketones (excluding diaryl/α,β-unsaturated/α-hetero) is 2. The van der Waals surface area contributed by atoms with Gasteiger partial charge in [-0.05, 0) is 58.8 Å². The van der Waals surface area contributed by atoms with E-state index < -0.39 is 52.1 Å². The van der Waals surface area contributed by atoms with Gasteiger partial charge in [-0.25, -0.2) is 0 Å². The summed E-state index contributed by atoms with van der Waals surface area (Å²) in [5.41, 5.74) is 9.69. The number of allylic oxidation sites excluding steroid dienone is 1. The number of hydrogen-bond donors (Lipinski definition) is 6. The van der Waals surface area contributed by atoms with Crippen LogP contribution < -0.4 is 21.7 Å². The molecule has 3 atom stereocenters. The van der Waals surface area contributed by atoms with Crippen molar-refractivity contribution in [3.8, 4) is 6.07 Å². The summed E-state index contributed by atoms with van der Waals surface area (Å²) >= 11 is 0. The van der Waals surface area contributed by atoms with Crippen molar-refractivity contribution >= 4 is 28.7 Å². The molecule has 0 radical (unpaired) electrons. The topological polar surface area (TPSA) is 215 Å². The second-order valence-corrected chi connectivity index (χ2v) is 11.6. The lowest BCUT2D eigenvalue weighted by Crippen LogP contribution is -2.72. The van der Waals surface area contributed by atoms with Crippen LogP contribution in [0.15, 0.2) is 64.7 Å². The average Bonchev–Trinajstić information content (AvgIpc) is 2.95. The summed E-state index contributed by atoms with van der Waals surface area (Å²) < 4.78 is 0. The molecule has 222 valence electrons. The van der Waals surface area contributed by atoms with Gasteiger partial charge in [0, 0.05) is 50.6 Å². The summed E-state index contributed by atoms with van der Waals surface area (Å²) in [7, 11) is 3.60. The summed E-state index contributed by atoms with van der Waals surface area (Å²) in [5.74, 6) is -4.01. The standard InChI is InChI=1S/C31H32N6O6/c1-15(33)23-22(38)11-30(34)10-18-8-20-21(37(2)3)9-19(14-35-13-17-6-4-16(12-32)5-7-17)26(36-43)25(20)27(39)24(18)29(41)31(30,42)28(23)40/h4-7,9,18,35,39-40,42H,1,8,10-11,13-14,33-34H2,2-3H3/t18?,30-,31-/m1/s1. The molecule has 43 heavy (non-hydrogen) atoms. The Labute approximate surface area is 247 Å². The number of fused-ring (bicyclic) bond motifs is 3. The first-order valence-electron chi connectivity index (χ1n) is 13.6. The van der Waals surface area contributed by atoms with Crippen LogP contribution in [0.4, 0.5) is 11.4 Å². The second kappa shape index (κ2) is 10.5. The van der Waals surface area contributed by atoms with Gasteiger partial charge in [0.25, 0.3) is 0 Å². The molecular formula is C31H32N6O6. The number of nitrogens with zero attached hydrogens (tertiary/aromatic N) is 3. The molecule has 0 bridgehead atoms. The smallest absolute Gasteiger partial charge is 0.204 e. The third kappa shape index (κ3) is 4.40. The highest BCUT2D eigenvalue weighted by molar-refractivity contribution is 6.15. The molecule has 12 nitrogen and oxygen atoms in total. The van der Waals surface area contributed by atoms with Gasteiger partial charge in [-0.2, -0.15) is 5.26 Å². The number of nitroso groups, excluding NO2 is 1. The Kier molecular flexibility index (Phi) is 7.22. The van der Waals surface area contributed by atoms with Crippen LogP contribution in [0.1, 0.15) is 40.7 Å². The minimum absolute atomic E-state index is 0.0582. The second-order valence-electron chi connectivity index (χ2n) is 11.6. The molecule has 0 spiro atoms. The Morgan fingerprint density at radius 1 is 1.23 bits per heavy atom. The normalized spacial score (nSPS) is 24.6. The first-order chi connectivity index (χ1) is 20.3. The van der Waals surface area contributed by atoms with E-state index in [4.69, 9.17) is 16.7 Å². The van der Waals surface area contributed by atoms with Gasteiger partial charge < -0.3 is 37.0 Å². The maximum absolute atomic E-state index is 14.0. The molecule has 2 aromatic carbocycles. The lowest BCUT2D eigenvalue weighted by molar-refractivity contribution is -0.150. The van der Waals surface area contributed by atoms with Crippen LogP contribution in [-0.4, -0.2) is 52.1 Å². The molecule has 0 aromatic heterocycles. The van der Waals surface area contributed by atoms with Crippen LogP contribution in [-0.2, 0) is 29.1 Å². The largest absolute Gasteiger partial charge is 0.508 e. The van der Waals surface area contributed by atoms with Gasteiger partial charge in [0.05, 0.1) is 28.3 Å². The van der Waals surface area contributed by atoms with E-state index in [0.29, 0.717) is 28.9 Å². The average molecular weight is 585 g/mol. The number of benzene rings is 2. The Bertz CT molecular complexity index is 1700. The van der Waals surface area contributed by atoms with Crippen molar-refractivity contribution in [2.75, 3.05) is 19.0 Å². The monoisotopic (exact) mass is 584 g/mol. The molecule has 2 aromatic rings. The van der Waals surface area contributed by atoms with E-state index >= 15 is 0 Å². The highest BCUT2D eigenvalue weighted by Crippen LogP contribution is 2.54. The maximum atomic E-state index is 14.0. The fraction of sp³-hybridized carbons (Fsp3) is 0.323.